The third kappa shape index (κ3) is 3.44. The Morgan fingerprint density at radius 1 is 1.10 bits per heavy atom. The standard InChI is InChI=1S/C15H11BrF3NO/c1-8(14-12(18)3-2-4-13(14)19)20-15(21)9-5-6-11(17)10(16)7-9/h2-8H,1H3,(H,20,21). The number of carbonyl (C=O) groups is 1. The second kappa shape index (κ2) is 6.30. The number of carbonyl (C=O) groups excluding carboxylic acids is 1. The van der Waals surface area contributed by atoms with Gasteiger partial charge in [0.15, 0.2) is 0 Å². The lowest BCUT2D eigenvalue weighted by molar-refractivity contribution is 0.0938. The van der Waals surface area contributed by atoms with Gasteiger partial charge >= 0.3 is 0 Å². The fourth-order valence-electron chi connectivity index (χ4n) is 1.91. The molecule has 0 fully saturated rings. The molecule has 0 aliphatic carbocycles. The quantitative estimate of drug-likeness (QED) is 0.868. The summed E-state index contributed by atoms with van der Waals surface area (Å²) in [6.45, 7) is 1.47. The van der Waals surface area contributed by atoms with Crippen molar-refractivity contribution < 1.29 is 18.0 Å². The van der Waals surface area contributed by atoms with E-state index in [1.165, 1.54) is 25.1 Å². The summed E-state index contributed by atoms with van der Waals surface area (Å²) < 4.78 is 40.5. The molecular weight excluding hydrogens is 347 g/mol. The summed E-state index contributed by atoms with van der Waals surface area (Å²) in [5.74, 6) is -2.52. The number of halogens is 4. The highest BCUT2D eigenvalue weighted by Gasteiger charge is 2.19. The normalized spacial score (nSPS) is 12.0. The first-order valence-electron chi connectivity index (χ1n) is 6.10. The Morgan fingerprint density at radius 3 is 2.29 bits per heavy atom. The van der Waals surface area contributed by atoms with Gasteiger partial charge in [-0.05, 0) is 53.2 Å². The maximum atomic E-state index is 13.6. The van der Waals surface area contributed by atoms with Gasteiger partial charge in [-0.25, -0.2) is 13.2 Å². The fourth-order valence-corrected chi connectivity index (χ4v) is 2.29. The molecule has 0 heterocycles. The lowest BCUT2D eigenvalue weighted by Gasteiger charge is -2.16. The zero-order valence-corrected chi connectivity index (χ0v) is 12.5. The maximum absolute atomic E-state index is 13.6. The van der Waals surface area contributed by atoms with Crippen LogP contribution in [0.15, 0.2) is 40.9 Å². The van der Waals surface area contributed by atoms with E-state index in [0.29, 0.717) is 0 Å². The van der Waals surface area contributed by atoms with Gasteiger partial charge in [0.1, 0.15) is 17.5 Å². The Bertz CT molecular complexity index is 670. The minimum absolute atomic E-state index is 0.139. The summed E-state index contributed by atoms with van der Waals surface area (Å²) in [6, 6.07) is 6.36. The molecule has 1 unspecified atom stereocenters. The van der Waals surface area contributed by atoms with Gasteiger partial charge in [-0.15, -0.1) is 0 Å². The highest BCUT2D eigenvalue weighted by atomic mass is 79.9. The molecule has 0 saturated carbocycles. The second-order valence-electron chi connectivity index (χ2n) is 4.46. The summed E-state index contributed by atoms with van der Waals surface area (Å²) in [4.78, 5) is 12.0. The molecule has 2 rings (SSSR count). The monoisotopic (exact) mass is 357 g/mol. The largest absolute Gasteiger partial charge is 0.345 e. The van der Waals surface area contributed by atoms with E-state index in [1.807, 2.05) is 0 Å². The van der Waals surface area contributed by atoms with Crippen LogP contribution in [0.25, 0.3) is 0 Å². The van der Waals surface area contributed by atoms with Crippen molar-refractivity contribution in [1.29, 1.82) is 0 Å². The summed E-state index contributed by atoms with van der Waals surface area (Å²) in [7, 11) is 0. The summed E-state index contributed by atoms with van der Waals surface area (Å²) in [6.07, 6.45) is 0. The van der Waals surface area contributed by atoms with Gasteiger partial charge in [0.2, 0.25) is 0 Å². The molecule has 2 aromatic rings. The lowest BCUT2D eigenvalue weighted by Crippen LogP contribution is -2.28. The minimum Gasteiger partial charge on any atom is -0.345 e. The van der Waals surface area contributed by atoms with Gasteiger partial charge in [0.25, 0.3) is 5.91 Å². The molecule has 0 spiro atoms. The Morgan fingerprint density at radius 2 is 1.71 bits per heavy atom. The molecule has 1 N–H and O–H groups in total. The van der Waals surface area contributed by atoms with E-state index in [9.17, 15) is 18.0 Å². The highest BCUT2D eigenvalue weighted by molar-refractivity contribution is 9.10. The molecular formula is C15H11BrF3NO. The van der Waals surface area contributed by atoms with Crippen LogP contribution >= 0.6 is 15.9 Å². The number of amides is 1. The number of hydrogen-bond donors (Lipinski definition) is 1. The van der Waals surface area contributed by atoms with Crippen molar-refractivity contribution in [1.82, 2.24) is 5.32 Å². The van der Waals surface area contributed by atoms with E-state index in [-0.39, 0.29) is 15.6 Å². The molecule has 1 amide bonds. The maximum Gasteiger partial charge on any atom is 0.251 e. The molecule has 0 aromatic heterocycles. The average molecular weight is 358 g/mol. The second-order valence-corrected chi connectivity index (χ2v) is 5.31. The van der Waals surface area contributed by atoms with Crippen LogP contribution in [0.3, 0.4) is 0 Å². The van der Waals surface area contributed by atoms with Crippen molar-refractivity contribution in [3.8, 4) is 0 Å². The van der Waals surface area contributed by atoms with Crippen molar-refractivity contribution >= 4 is 21.8 Å². The molecule has 2 nitrogen and oxygen atoms in total. The Kier molecular flexibility index (Phi) is 4.67. The molecule has 0 aliphatic rings. The van der Waals surface area contributed by atoms with Crippen molar-refractivity contribution in [2.45, 2.75) is 13.0 Å². The van der Waals surface area contributed by atoms with E-state index in [2.05, 4.69) is 21.2 Å². The van der Waals surface area contributed by atoms with Crippen LogP contribution in [0.5, 0.6) is 0 Å². The van der Waals surface area contributed by atoms with Crippen LogP contribution in [0.1, 0.15) is 28.9 Å². The third-order valence-corrected chi connectivity index (χ3v) is 3.57. The summed E-state index contributed by atoms with van der Waals surface area (Å²) in [5, 5.41) is 2.48. The van der Waals surface area contributed by atoms with E-state index in [1.54, 1.807) is 0 Å². The van der Waals surface area contributed by atoms with Crippen LogP contribution in [0.2, 0.25) is 0 Å². The van der Waals surface area contributed by atoms with Crippen LogP contribution < -0.4 is 5.32 Å². The van der Waals surface area contributed by atoms with Gasteiger partial charge in [0, 0.05) is 11.1 Å². The number of rotatable bonds is 3. The van der Waals surface area contributed by atoms with Gasteiger partial charge < -0.3 is 5.32 Å². The van der Waals surface area contributed by atoms with Crippen molar-refractivity contribution in [2.24, 2.45) is 0 Å². The predicted molar refractivity (Wildman–Crippen MR) is 76.3 cm³/mol. The first-order valence-corrected chi connectivity index (χ1v) is 6.89. The smallest absolute Gasteiger partial charge is 0.251 e. The van der Waals surface area contributed by atoms with E-state index >= 15 is 0 Å². The third-order valence-electron chi connectivity index (χ3n) is 2.96. The lowest BCUT2D eigenvalue weighted by atomic mass is 10.1. The van der Waals surface area contributed by atoms with Crippen molar-refractivity contribution in [2.75, 3.05) is 0 Å². The molecule has 110 valence electrons. The summed E-state index contributed by atoms with van der Waals surface area (Å²) >= 11 is 2.97. The van der Waals surface area contributed by atoms with Gasteiger partial charge in [0.05, 0.1) is 10.5 Å². The molecule has 0 radical (unpaired) electrons. The molecule has 21 heavy (non-hydrogen) atoms. The van der Waals surface area contributed by atoms with E-state index < -0.39 is 29.4 Å². The molecule has 1 atom stereocenters. The zero-order valence-electron chi connectivity index (χ0n) is 11.0. The minimum atomic E-state index is -0.859. The van der Waals surface area contributed by atoms with Gasteiger partial charge in [-0.2, -0.15) is 0 Å². The van der Waals surface area contributed by atoms with Crippen LogP contribution in [0.4, 0.5) is 13.2 Å². The SMILES string of the molecule is CC(NC(=O)c1ccc(F)c(Br)c1)c1c(F)cccc1F. The van der Waals surface area contributed by atoms with Crippen LogP contribution in [0, 0.1) is 17.5 Å². The molecule has 2 aromatic carbocycles. The van der Waals surface area contributed by atoms with Crippen LogP contribution in [-0.2, 0) is 0 Å². The first kappa shape index (κ1) is 15.6. The average Bonchev–Trinajstić information content (AvgIpc) is 2.41. The van der Waals surface area contributed by atoms with Crippen LogP contribution in [-0.4, -0.2) is 5.91 Å². The van der Waals surface area contributed by atoms with Crippen molar-refractivity contribution in [3.63, 3.8) is 0 Å². The Labute approximate surface area is 128 Å². The molecule has 0 bridgehead atoms. The fraction of sp³-hybridized carbons (Fsp3) is 0.133. The summed E-state index contributed by atoms with van der Waals surface area (Å²) in [5.41, 5.74) is -0.0288. The number of hydrogen-bond acceptors (Lipinski definition) is 1. The predicted octanol–water partition coefficient (Wildman–Crippen LogP) is 4.36. The van der Waals surface area contributed by atoms with E-state index in [4.69, 9.17) is 0 Å². The first-order chi connectivity index (χ1) is 9.90. The molecule has 0 aliphatic heterocycles. The van der Waals surface area contributed by atoms with Crippen molar-refractivity contribution in [3.05, 3.63) is 69.4 Å². The molecule has 0 saturated heterocycles. The topological polar surface area (TPSA) is 29.1 Å². The zero-order chi connectivity index (χ0) is 15.6. The van der Waals surface area contributed by atoms with Gasteiger partial charge in [-0.1, -0.05) is 6.07 Å². The van der Waals surface area contributed by atoms with E-state index in [0.717, 1.165) is 18.2 Å². The number of nitrogens with one attached hydrogen (secondary N) is 1. The number of benzene rings is 2. The highest BCUT2D eigenvalue weighted by Crippen LogP contribution is 2.21. The molecule has 6 heteroatoms. The van der Waals surface area contributed by atoms with Gasteiger partial charge in [-0.3, -0.25) is 4.79 Å². The Hall–Kier alpha value is -1.82. The Balaban J connectivity index is 2.21.